The minimum absolute atomic E-state index is 0.00966. The first-order valence-electron chi connectivity index (χ1n) is 7.59. The van der Waals surface area contributed by atoms with Crippen LogP contribution in [0.15, 0.2) is 52.0 Å². The maximum atomic E-state index is 13.1. The van der Waals surface area contributed by atoms with Crippen LogP contribution in [-0.2, 0) is 26.4 Å². The molecule has 1 saturated heterocycles. The van der Waals surface area contributed by atoms with E-state index in [1.807, 2.05) is 6.92 Å². The van der Waals surface area contributed by atoms with E-state index in [9.17, 15) is 16.8 Å². The minimum atomic E-state index is -3.82. The predicted octanol–water partition coefficient (Wildman–Crippen LogP) is 1.97. The van der Waals surface area contributed by atoms with Gasteiger partial charge in [0.2, 0.25) is 10.0 Å². The van der Waals surface area contributed by atoms with Crippen molar-refractivity contribution in [3.05, 3.63) is 54.0 Å². The molecule has 0 saturated carbocycles. The Labute approximate surface area is 142 Å². The van der Waals surface area contributed by atoms with Gasteiger partial charge in [-0.05, 0) is 37.6 Å². The third kappa shape index (κ3) is 3.55. The smallest absolute Gasteiger partial charge is 0.243 e. The first-order valence-corrected chi connectivity index (χ1v) is 10.9. The summed E-state index contributed by atoms with van der Waals surface area (Å²) in [4.78, 5) is 0.156. The summed E-state index contributed by atoms with van der Waals surface area (Å²) in [5, 5.41) is 0. The highest BCUT2D eigenvalue weighted by Gasteiger charge is 2.39. The van der Waals surface area contributed by atoms with Gasteiger partial charge in [-0.15, -0.1) is 0 Å². The van der Waals surface area contributed by atoms with Crippen LogP contribution in [0.2, 0.25) is 0 Å². The molecular weight excluding hydrogens is 350 g/mol. The molecule has 0 radical (unpaired) electrons. The molecule has 0 aliphatic carbocycles. The van der Waals surface area contributed by atoms with Crippen LogP contribution < -0.4 is 0 Å². The summed E-state index contributed by atoms with van der Waals surface area (Å²) >= 11 is 0. The second-order valence-corrected chi connectivity index (χ2v) is 10.1. The Balaban J connectivity index is 1.98. The maximum absolute atomic E-state index is 13.1. The summed E-state index contributed by atoms with van der Waals surface area (Å²) in [6.07, 6.45) is 1.77. The van der Waals surface area contributed by atoms with E-state index in [2.05, 4.69) is 0 Å². The largest absolute Gasteiger partial charge is 0.468 e. The van der Waals surface area contributed by atoms with Crippen LogP contribution in [0.1, 0.15) is 17.7 Å². The lowest BCUT2D eigenvalue weighted by Crippen LogP contribution is -2.40. The van der Waals surface area contributed by atoms with Gasteiger partial charge in [-0.2, -0.15) is 4.31 Å². The van der Waals surface area contributed by atoms with E-state index in [1.165, 1.54) is 10.6 Å². The Hall–Kier alpha value is -1.64. The molecule has 0 bridgehead atoms. The van der Waals surface area contributed by atoms with Gasteiger partial charge >= 0.3 is 0 Å². The number of furan rings is 1. The fourth-order valence-electron chi connectivity index (χ4n) is 2.81. The zero-order valence-corrected chi connectivity index (χ0v) is 14.9. The number of nitrogens with zero attached hydrogens (tertiary/aromatic N) is 1. The van der Waals surface area contributed by atoms with E-state index in [-0.39, 0.29) is 22.9 Å². The second kappa shape index (κ2) is 6.34. The van der Waals surface area contributed by atoms with Crippen molar-refractivity contribution in [1.29, 1.82) is 0 Å². The van der Waals surface area contributed by atoms with Crippen LogP contribution in [0.25, 0.3) is 0 Å². The number of benzene rings is 1. The summed E-state index contributed by atoms with van der Waals surface area (Å²) in [7, 11) is -7.02. The Morgan fingerprint density at radius 3 is 2.46 bits per heavy atom. The Kier molecular flexibility index (Phi) is 4.54. The second-order valence-electron chi connectivity index (χ2n) is 6.00. The van der Waals surface area contributed by atoms with Gasteiger partial charge in [-0.3, -0.25) is 0 Å². The molecule has 1 atom stereocenters. The third-order valence-corrected chi connectivity index (χ3v) is 7.80. The summed E-state index contributed by atoms with van der Waals surface area (Å²) in [6.45, 7) is 1.89. The predicted molar refractivity (Wildman–Crippen MR) is 89.7 cm³/mol. The topological polar surface area (TPSA) is 84.7 Å². The molecular formula is C16H19NO5S2. The number of sulfone groups is 1. The average molecular weight is 369 g/mol. The molecule has 0 amide bonds. The Morgan fingerprint density at radius 1 is 1.21 bits per heavy atom. The van der Waals surface area contributed by atoms with Crippen LogP contribution >= 0.6 is 0 Å². The van der Waals surface area contributed by atoms with Gasteiger partial charge in [0.15, 0.2) is 9.84 Å². The molecule has 2 heterocycles. The van der Waals surface area contributed by atoms with Crippen molar-refractivity contribution < 1.29 is 21.3 Å². The first kappa shape index (κ1) is 17.2. The van der Waals surface area contributed by atoms with Crippen molar-refractivity contribution in [2.75, 3.05) is 11.5 Å². The lowest BCUT2D eigenvalue weighted by molar-refractivity contribution is 0.307. The van der Waals surface area contributed by atoms with Gasteiger partial charge < -0.3 is 4.42 Å². The summed E-state index contributed by atoms with van der Waals surface area (Å²) in [5.41, 5.74) is 0.954. The van der Waals surface area contributed by atoms with Crippen LogP contribution in [0.5, 0.6) is 0 Å². The Bertz CT molecular complexity index is 900. The van der Waals surface area contributed by atoms with Crippen molar-refractivity contribution in [1.82, 2.24) is 4.31 Å². The lowest BCUT2D eigenvalue weighted by atomic mass is 10.2. The van der Waals surface area contributed by atoms with Crippen molar-refractivity contribution in [2.24, 2.45) is 0 Å². The normalized spacial score (nSPS) is 20.5. The highest BCUT2D eigenvalue weighted by molar-refractivity contribution is 7.92. The molecule has 3 rings (SSSR count). The Morgan fingerprint density at radius 2 is 1.92 bits per heavy atom. The van der Waals surface area contributed by atoms with Crippen LogP contribution in [0, 0.1) is 6.92 Å². The van der Waals surface area contributed by atoms with E-state index in [0.29, 0.717) is 12.2 Å². The van der Waals surface area contributed by atoms with Crippen molar-refractivity contribution in [3.63, 3.8) is 0 Å². The molecule has 1 aromatic heterocycles. The van der Waals surface area contributed by atoms with Crippen LogP contribution in [0.4, 0.5) is 0 Å². The lowest BCUT2D eigenvalue weighted by Gasteiger charge is -2.26. The third-order valence-electron chi connectivity index (χ3n) is 4.14. The zero-order valence-electron chi connectivity index (χ0n) is 13.3. The molecule has 1 aromatic carbocycles. The number of aryl methyl sites for hydroxylation is 1. The van der Waals surface area contributed by atoms with Gasteiger partial charge in [0.1, 0.15) is 5.76 Å². The number of sulfonamides is 1. The van der Waals surface area contributed by atoms with E-state index in [1.54, 1.807) is 36.4 Å². The van der Waals surface area contributed by atoms with Crippen molar-refractivity contribution >= 4 is 19.9 Å². The summed E-state index contributed by atoms with van der Waals surface area (Å²) < 4.78 is 56.3. The highest BCUT2D eigenvalue weighted by Crippen LogP contribution is 2.27. The van der Waals surface area contributed by atoms with Gasteiger partial charge in [0.25, 0.3) is 0 Å². The number of hydrogen-bond acceptors (Lipinski definition) is 5. The number of hydrogen-bond donors (Lipinski definition) is 0. The zero-order chi connectivity index (χ0) is 17.4. The molecule has 130 valence electrons. The molecule has 24 heavy (non-hydrogen) atoms. The monoisotopic (exact) mass is 369 g/mol. The quantitative estimate of drug-likeness (QED) is 0.804. The van der Waals surface area contributed by atoms with Gasteiger partial charge in [-0.1, -0.05) is 17.7 Å². The molecule has 1 aliphatic heterocycles. The molecule has 1 aliphatic rings. The maximum Gasteiger partial charge on any atom is 0.243 e. The molecule has 6 nitrogen and oxygen atoms in total. The standard InChI is InChI=1S/C16H19NO5S2/c1-13-4-6-16(7-5-13)24(20,21)17(11-15-3-2-9-22-15)14-8-10-23(18,19)12-14/h2-7,9,14H,8,10-12H2,1H3. The van der Waals surface area contributed by atoms with Crippen LogP contribution in [-0.4, -0.2) is 38.7 Å². The minimum Gasteiger partial charge on any atom is -0.468 e. The van der Waals surface area contributed by atoms with Gasteiger partial charge in [0, 0.05) is 6.04 Å². The van der Waals surface area contributed by atoms with Crippen molar-refractivity contribution in [2.45, 2.75) is 30.8 Å². The molecule has 8 heteroatoms. The molecule has 2 aromatic rings. The van der Waals surface area contributed by atoms with E-state index >= 15 is 0 Å². The van der Waals surface area contributed by atoms with E-state index < -0.39 is 25.9 Å². The van der Waals surface area contributed by atoms with Gasteiger partial charge in [0.05, 0.1) is 29.2 Å². The fraction of sp³-hybridized carbons (Fsp3) is 0.375. The van der Waals surface area contributed by atoms with Crippen molar-refractivity contribution in [3.8, 4) is 0 Å². The molecule has 1 fully saturated rings. The van der Waals surface area contributed by atoms with E-state index in [0.717, 1.165) is 5.56 Å². The average Bonchev–Trinajstić information content (AvgIpc) is 3.14. The molecule has 0 spiro atoms. The van der Waals surface area contributed by atoms with Crippen LogP contribution in [0.3, 0.4) is 0 Å². The fourth-order valence-corrected chi connectivity index (χ4v) is 6.26. The number of rotatable bonds is 5. The SMILES string of the molecule is Cc1ccc(S(=O)(=O)N(Cc2ccco2)C2CCS(=O)(=O)C2)cc1. The molecule has 0 N–H and O–H groups in total. The molecule has 1 unspecified atom stereocenters. The first-order chi connectivity index (χ1) is 11.3. The summed E-state index contributed by atoms with van der Waals surface area (Å²) in [5.74, 6) is 0.337. The summed E-state index contributed by atoms with van der Waals surface area (Å²) in [6, 6.07) is 9.32. The highest BCUT2D eigenvalue weighted by atomic mass is 32.2. The van der Waals surface area contributed by atoms with Gasteiger partial charge in [-0.25, -0.2) is 16.8 Å². The van der Waals surface area contributed by atoms with E-state index in [4.69, 9.17) is 4.42 Å².